The molecule has 0 aliphatic heterocycles. The second-order valence-corrected chi connectivity index (χ2v) is 4.89. The molecule has 0 saturated heterocycles. The highest BCUT2D eigenvalue weighted by Crippen LogP contribution is 2.17. The molecule has 0 atom stereocenters. The maximum Gasteiger partial charge on any atom is 0.238 e. The van der Waals surface area contributed by atoms with Gasteiger partial charge in [-0.1, -0.05) is 26.8 Å². The van der Waals surface area contributed by atoms with Gasteiger partial charge in [-0.2, -0.15) is 0 Å². The summed E-state index contributed by atoms with van der Waals surface area (Å²) in [5, 5.41) is 5.82. The number of rotatable bonds is 8. The van der Waals surface area contributed by atoms with Crippen LogP contribution in [0.3, 0.4) is 0 Å². The molecule has 106 valence electrons. The SMILES string of the molecule is CCNCC(=O)Nc1cccc(OCCC(C)C)c1. The van der Waals surface area contributed by atoms with Crippen molar-refractivity contribution >= 4 is 11.6 Å². The lowest BCUT2D eigenvalue weighted by Gasteiger charge is -2.10. The predicted molar refractivity (Wildman–Crippen MR) is 78.6 cm³/mol. The first-order valence-electron chi connectivity index (χ1n) is 6.85. The van der Waals surface area contributed by atoms with Gasteiger partial charge in [0.05, 0.1) is 13.2 Å². The first-order chi connectivity index (χ1) is 9.11. The summed E-state index contributed by atoms with van der Waals surface area (Å²) >= 11 is 0. The van der Waals surface area contributed by atoms with E-state index in [2.05, 4.69) is 24.5 Å². The highest BCUT2D eigenvalue weighted by atomic mass is 16.5. The van der Waals surface area contributed by atoms with E-state index in [4.69, 9.17) is 4.74 Å². The lowest BCUT2D eigenvalue weighted by atomic mass is 10.1. The highest BCUT2D eigenvalue weighted by Gasteiger charge is 2.03. The molecule has 1 amide bonds. The smallest absolute Gasteiger partial charge is 0.238 e. The Labute approximate surface area is 115 Å². The van der Waals surface area contributed by atoms with Crippen molar-refractivity contribution in [3.63, 3.8) is 0 Å². The summed E-state index contributed by atoms with van der Waals surface area (Å²) in [5.41, 5.74) is 0.768. The third-order valence-electron chi connectivity index (χ3n) is 2.62. The zero-order chi connectivity index (χ0) is 14.1. The van der Waals surface area contributed by atoms with Gasteiger partial charge in [-0.25, -0.2) is 0 Å². The molecule has 0 heterocycles. The Morgan fingerprint density at radius 1 is 1.37 bits per heavy atom. The van der Waals surface area contributed by atoms with E-state index in [1.54, 1.807) is 0 Å². The second-order valence-electron chi connectivity index (χ2n) is 4.89. The lowest BCUT2D eigenvalue weighted by molar-refractivity contribution is -0.115. The molecule has 0 aromatic heterocycles. The first kappa shape index (κ1) is 15.5. The van der Waals surface area contributed by atoms with Crippen LogP contribution in [-0.2, 0) is 4.79 Å². The molecule has 0 bridgehead atoms. The van der Waals surface area contributed by atoms with Gasteiger partial charge in [0, 0.05) is 11.8 Å². The Kier molecular flexibility index (Phi) is 6.97. The summed E-state index contributed by atoms with van der Waals surface area (Å²) in [5.74, 6) is 1.38. The molecular formula is C15H24N2O2. The number of carbonyl (C=O) groups excluding carboxylic acids is 1. The van der Waals surface area contributed by atoms with E-state index < -0.39 is 0 Å². The van der Waals surface area contributed by atoms with Gasteiger partial charge in [-0.15, -0.1) is 0 Å². The number of benzene rings is 1. The predicted octanol–water partition coefficient (Wildman–Crippen LogP) is 2.66. The van der Waals surface area contributed by atoms with E-state index in [0.29, 0.717) is 19.1 Å². The summed E-state index contributed by atoms with van der Waals surface area (Å²) < 4.78 is 5.65. The molecule has 0 radical (unpaired) electrons. The van der Waals surface area contributed by atoms with Crippen molar-refractivity contribution in [3.8, 4) is 5.75 Å². The average Bonchev–Trinajstić information content (AvgIpc) is 2.36. The van der Waals surface area contributed by atoms with Gasteiger partial charge in [0.15, 0.2) is 0 Å². The summed E-state index contributed by atoms with van der Waals surface area (Å²) in [6.45, 7) is 8.12. The van der Waals surface area contributed by atoms with E-state index >= 15 is 0 Å². The number of ether oxygens (including phenoxy) is 1. The largest absolute Gasteiger partial charge is 0.494 e. The van der Waals surface area contributed by atoms with E-state index in [-0.39, 0.29) is 5.91 Å². The van der Waals surface area contributed by atoms with Crippen LogP contribution in [-0.4, -0.2) is 25.6 Å². The Hall–Kier alpha value is -1.55. The van der Waals surface area contributed by atoms with Crippen molar-refractivity contribution in [1.29, 1.82) is 0 Å². The molecule has 1 aromatic carbocycles. The molecule has 0 saturated carbocycles. The highest BCUT2D eigenvalue weighted by molar-refractivity contribution is 5.92. The number of carbonyl (C=O) groups is 1. The van der Waals surface area contributed by atoms with Gasteiger partial charge in [0.1, 0.15) is 5.75 Å². The van der Waals surface area contributed by atoms with Crippen molar-refractivity contribution in [2.75, 3.05) is 25.0 Å². The summed E-state index contributed by atoms with van der Waals surface area (Å²) in [6, 6.07) is 7.50. The maximum absolute atomic E-state index is 11.6. The average molecular weight is 264 g/mol. The Morgan fingerprint density at radius 2 is 2.16 bits per heavy atom. The van der Waals surface area contributed by atoms with Crippen LogP contribution in [0.15, 0.2) is 24.3 Å². The molecule has 0 spiro atoms. The zero-order valence-corrected chi connectivity index (χ0v) is 12.0. The van der Waals surface area contributed by atoms with Crippen LogP contribution >= 0.6 is 0 Å². The number of likely N-dealkylation sites (N-methyl/N-ethyl adjacent to an activating group) is 1. The van der Waals surface area contributed by atoms with Gasteiger partial charge in [0.2, 0.25) is 5.91 Å². The van der Waals surface area contributed by atoms with E-state index in [1.807, 2.05) is 31.2 Å². The fourth-order valence-electron chi connectivity index (χ4n) is 1.52. The van der Waals surface area contributed by atoms with Crippen LogP contribution in [0.25, 0.3) is 0 Å². The molecule has 1 aromatic rings. The van der Waals surface area contributed by atoms with Crippen LogP contribution in [0.5, 0.6) is 5.75 Å². The minimum absolute atomic E-state index is 0.0406. The van der Waals surface area contributed by atoms with Gasteiger partial charge >= 0.3 is 0 Å². The minimum Gasteiger partial charge on any atom is -0.494 e. The second kappa shape index (κ2) is 8.53. The molecule has 0 fully saturated rings. The Morgan fingerprint density at radius 3 is 2.84 bits per heavy atom. The van der Waals surface area contributed by atoms with Crippen LogP contribution < -0.4 is 15.4 Å². The topological polar surface area (TPSA) is 50.4 Å². The Balaban J connectivity index is 2.45. The normalized spacial score (nSPS) is 10.5. The number of nitrogens with one attached hydrogen (secondary N) is 2. The Bertz CT molecular complexity index is 391. The number of anilines is 1. The van der Waals surface area contributed by atoms with Crippen molar-refractivity contribution in [2.45, 2.75) is 27.2 Å². The maximum atomic E-state index is 11.6. The molecule has 1 rings (SSSR count). The summed E-state index contributed by atoms with van der Waals surface area (Å²) in [4.78, 5) is 11.6. The summed E-state index contributed by atoms with van der Waals surface area (Å²) in [6.07, 6.45) is 1.02. The standard InChI is InChI=1S/C15H24N2O2/c1-4-16-11-15(18)17-13-6-5-7-14(10-13)19-9-8-12(2)3/h5-7,10,12,16H,4,8-9,11H2,1-3H3,(H,17,18). The van der Waals surface area contributed by atoms with Gasteiger partial charge in [0.25, 0.3) is 0 Å². The molecule has 19 heavy (non-hydrogen) atoms. The van der Waals surface area contributed by atoms with Gasteiger partial charge < -0.3 is 15.4 Å². The monoisotopic (exact) mass is 264 g/mol. The zero-order valence-electron chi connectivity index (χ0n) is 12.0. The third kappa shape index (κ3) is 6.82. The van der Waals surface area contributed by atoms with E-state index in [1.165, 1.54) is 0 Å². The van der Waals surface area contributed by atoms with Crippen LogP contribution in [0.2, 0.25) is 0 Å². The fourth-order valence-corrected chi connectivity index (χ4v) is 1.52. The number of amides is 1. The minimum atomic E-state index is -0.0406. The molecule has 0 unspecified atom stereocenters. The quantitative estimate of drug-likeness (QED) is 0.759. The van der Waals surface area contributed by atoms with Gasteiger partial charge in [-0.3, -0.25) is 4.79 Å². The summed E-state index contributed by atoms with van der Waals surface area (Å²) in [7, 11) is 0. The molecular weight excluding hydrogens is 240 g/mol. The van der Waals surface area contributed by atoms with E-state index in [0.717, 1.165) is 24.4 Å². The van der Waals surface area contributed by atoms with Crippen LogP contribution in [0.4, 0.5) is 5.69 Å². The van der Waals surface area contributed by atoms with Crippen molar-refractivity contribution in [1.82, 2.24) is 5.32 Å². The molecule has 4 heteroatoms. The molecule has 0 aliphatic carbocycles. The first-order valence-corrected chi connectivity index (χ1v) is 6.85. The lowest BCUT2D eigenvalue weighted by Crippen LogP contribution is -2.27. The molecule has 2 N–H and O–H groups in total. The van der Waals surface area contributed by atoms with Gasteiger partial charge in [-0.05, 0) is 31.0 Å². The fraction of sp³-hybridized carbons (Fsp3) is 0.533. The third-order valence-corrected chi connectivity index (χ3v) is 2.62. The van der Waals surface area contributed by atoms with E-state index in [9.17, 15) is 4.79 Å². The number of hydrogen-bond donors (Lipinski definition) is 2. The van der Waals surface area contributed by atoms with Crippen molar-refractivity contribution in [2.24, 2.45) is 5.92 Å². The van der Waals surface area contributed by atoms with Crippen molar-refractivity contribution in [3.05, 3.63) is 24.3 Å². The van der Waals surface area contributed by atoms with Crippen LogP contribution in [0, 0.1) is 5.92 Å². The molecule has 4 nitrogen and oxygen atoms in total. The van der Waals surface area contributed by atoms with Crippen LogP contribution in [0.1, 0.15) is 27.2 Å². The number of hydrogen-bond acceptors (Lipinski definition) is 3. The van der Waals surface area contributed by atoms with Crippen molar-refractivity contribution < 1.29 is 9.53 Å². The molecule has 0 aliphatic rings.